The summed E-state index contributed by atoms with van der Waals surface area (Å²) in [5.74, 6) is 0. The van der Waals surface area contributed by atoms with Gasteiger partial charge in [-0.15, -0.1) is 6.58 Å². The van der Waals surface area contributed by atoms with Crippen molar-refractivity contribution in [2.24, 2.45) is 0 Å². The highest BCUT2D eigenvalue weighted by atomic mass is 16.5. The van der Waals surface area contributed by atoms with Crippen molar-refractivity contribution in [2.75, 3.05) is 13.2 Å². The lowest BCUT2D eigenvalue weighted by Gasteiger charge is -2.09. The molecule has 14 heavy (non-hydrogen) atoms. The molecule has 1 N–H and O–H groups in total. The van der Waals surface area contributed by atoms with Crippen molar-refractivity contribution >= 4 is 0 Å². The van der Waals surface area contributed by atoms with Crippen LogP contribution in [0.1, 0.15) is 5.56 Å². The van der Waals surface area contributed by atoms with Crippen molar-refractivity contribution < 1.29 is 9.84 Å². The third-order valence-electron chi connectivity index (χ3n) is 1.86. The molecule has 0 aliphatic carbocycles. The van der Waals surface area contributed by atoms with E-state index in [0.29, 0.717) is 19.6 Å². The van der Waals surface area contributed by atoms with Crippen LogP contribution in [0.4, 0.5) is 0 Å². The van der Waals surface area contributed by atoms with Gasteiger partial charge in [0.1, 0.15) is 0 Å². The van der Waals surface area contributed by atoms with Crippen LogP contribution in [-0.2, 0) is 11.2 Å². The molecular formula is C12H16O2. The van der Waals surface area contributed by atoms with E-state index < -0.39 is 6.10 Å². The van der Waals surface area contributed by atoms with Gasteiger partial charge in [-0.25, -0.2) is 0 Å². The molecule has 0 saturated heterocycles. The summed E-state index contributed by atoms with van der Waals surface area (Å²) in [5, 5.41) is 9.57. The minimum atomic E-state index is -0.433. The molecular weight excluding hydrogens is 176 g/mol. The van der Waals surface area contributed by atoms with Gasteiger partial charge in [-0.2, -0.15) is 0 Å². The van der Waals surface area contributed by atoms with E-state index in [1.54, 1.807) is 6.08 Å². The van der Waals surface area contributed by atoms with Crippen molar-refractivity contribution in [1.29, 1.82) is 0 Å². The molecule has 0 fully saturated rings. The maximum absolute atomic E-state index is 9.57. The van der Waals surface area contributed by atoms with Crippen LogP contribution in [0.5, 0.6) is 0 Å². The van der Waals surface area contributed by atoms with Crippen molar-refractivity contribution in [3.63, 3.8) is 0 Å². The Labute approximate surface area is 84.8 Å². The summed E-state index contributed by atoms with van der Waals surface area (Å²) in [4.78, 5) is 0. The highest BCUT2D eigenvalue weighted by molar-refractivity contribution is 5.15. The monoisotopic (exact) mass is 192 g/mol. The molecule has 0 aliphatic heterocycles. The minimum absolute atomic E-state index is 0.362. The van der Waals surface area contributed by atoms with Gasteiger partial charge in [-0.05, 0) is 5.56 Å². The Morgan fingerprint density at radius 1 is 1.36 bits per heavy atom. The predicted molar refractivity (Wildman–Crippen MR) is 57.2 cm³/mol. The van der Waals surface area contributed by atoms with Gasteiger partial charge in [0.25, 0.3) is 0 Å². The van der Waals surface area contributed by atoms with Crippen LogP contribution < -0.4 is 0 Å². The molecule has 2 heteroatoms. The van der Waals surface area contributed by atoms with Crippen LogP contribution in [0, 0.1) is 0 Å². The summed E-state index contributed by atoms with van der Waals surface area (Å²) in [7, 11) is 0. The first kappa shape index (κ1) is 11.0. The SMILES string of the molecule is C=CCOCC(O)Cc1ccccc1. The summed E-state index contributed by atoms with van der Waals surface area (Å²) in [6, 6.07) is 9.89. The lowest BCUT2D eigenvalue weighted by atomic mass is 10.1. The number of hydrogen-bond donors (Lipinski definition) is 1. The van der Waals surface area contributed by atoms with E-state index in [2.05, 4.69) is 6.58 Å². The Kier molecular flexibility index (Phi) is 4.97. The Morgan fingerprint density at radius 2 is 2.07 bits per heavy atom. The van der Waals surface area contributed by atoms with Gasteiger partial charge in [0.15, 0.2) is 0 Å². The van der Waals surface area contributed by atoms with Crippen LogP contribution in [0.3, 0.4) is 0 Å². The molecule has 1 unspecified atom stereocenters. The smallest absolute Gasteiger partial charge is 0.0814 e. The number of aliphatic hydroxyl groups is 1. The fraction of sp³-hybridized carbons (Fsp3) is 0.333. The summed E-state index contributed by atoms with van der Waals surface area (Å²) in [6.45, 7) is 4.39. The lowest BCUT2D eigenvalue weighted by molar-refractivity contribution is 0.0497. The summed E-state index contributed by atoms with van der Waals surface area (Å²) in [5.41, 5.74) is 1.13. The molecule has 0 aliphatic rings. The second-order valence-corrected chi connectivity index (χ2v) is 3.17. The maximum Gasteiger partial charge on any atom is 0.0814 e. The van der Waals surface area contributed by atoms with E-state index in [0.717, 1.165) is 5.56 Å². The first-order chi connectivity index (χ1) is 6.83. The highest BCUT2D eigenvalue weighted by Gasteiger charge is 2.04. The number of rotatable bonds is 6. The van der Waals surface area contributed by atoms with Crippen LogP contribution in [0.15, 0.2) is 43.0 Å². The highest BCUT2D eigenvalue weighted by Crippen LogP contribution is 2.03. The topological polar surface area (TPSA) is 29.5 Å². The number of aliphatic hydroxyl groups excluding tert-OH is 1. The quantitative estimate of drug-likeness (QED) is 0.550. The van der Waals surface area contributed by atoms with Crippen LogP contribution >= 0.6 is 0 Å². The lowest BCUT2D eigenvalue weighted by Crippen LogP contribution is -2.18. The van der Waals surface area contributed by atoms with E-state index in [4.69, 9.17) is 4.74 Å². The Balaban J connectivity index is 2.26. The van der Waals surface area contributed by atoms with Crippen LogP contribution in [0.2, 0.25) is 0 Å². The fourth-order valence-corrected chi connectivity index (χ4v) is 1.23. The minimum Gasteiger partial charge on any atom is -0.390 e. The largest absolute Gasteiger partial charge is 0.390 e. The van der Waals surface area contributed by atoms with Crippen molar-refractivity contribution in [1.82, 2.24) is 0 Å². The summed E-state index contributed by atoms with van der Waals surface area (Å²) >= 11 is 0. The molecule has 0 radical (unpaired) electrons. The Hall–Kier alpha value is -1.12. The third kappa shape index (κ3) is 4.21. The third-order valence-corrected chi connectivity index (χ3v) is 1.86. The first-order valence-corrected chi connectivity index (χ1v) is 4.73. The van der Waals surface area contributed by atoms with Gasteiger partial charge in [-0.3, -0.25) is 0 Å². The zero-order valence-corrected chi connectivity index (χ0v) is 8.23. The van der Waals surface area contributed by atoms with E-state index in [1.165, 1.54) is 0 Å². The average molecular weight is 192 g/mol. The molecule has 0 spiro atoms. The predicted octanol–water partition coefficient (Wildman–Crippen LogP) is 1.79. The fourth-order valence-electron chi connectivity index (χ4n) is 1.23. The van der Waals surface area contributed by atoms with Gasteiger partial charge in [-0.1, -0.05) is 36.4 Å². The second-order valence-electron chi connectivity index (χ2n) is 3.17. The molecule has 1 atom stereocenters. The number of benzene rings is 1. The van der Waals surface area contributed by atoms with Crippen molar-refractivity contribution in [2.45, 2.75) is 12.5 Å². The van der Waals surface area contributed by atoms with Crippen molar-refractivity contribution in [3.8, 4) is 0 Å². The molecule has 1 aromatic rings. The van der Waals surface area contributed by atoms with E-state index in [-0.39, 0.29) is 0 Å². The normalized spacial score (nSPS) is 12.4. The average Bonchev–Trinajstić information content (AvgIpc) is 2.20. The van der Waals surface area contributed by atoms with Gasteiger partial charge in [0.2, 0.25) is 0 Å². The van der Waals surface area contributed by atoms with E-state index in [9.17, 15) is 5.11 Å². The molecule has 1 rings (SSSR count). The Morgan fingerprint density at radius 3 is 2.71 bits per heavy atom. The molecule has 76 valence electrons. The molecule has 0 amide bonds. The van der Waals surface area contributed by atoms with Crippen molar-refractivity contribution in [3.05, 3.63) is 48.6 Å². The molecule has 0 saturated carbocycles. The molecule has 0 bridgehead atoms. The first-order valence-electron chi connectivity index (χ1n) is 4.73. The summed E-state index contributed by atoms with van der Waals surface area (Å²) in [6.07, 6.45) is 1.88. The zero-order valence-electron chi connectivity index (χ0n) is 8.23. The standard InChI is InChI=1S/C12H16O2/c1-2-8-14-10-12(13)9-11-6-4-3-5-7-11/h2-7,12-13H,1,8-10H2. The van der Waals surface area contributed by atoms with Gasteiger partial charge in [0, 0.05) is 6.42 Å². The summed E-state index contributed by atoms with van der Waals surface area (Å²) < 4.78 is 5.15. The van der Waals surface area contributed by atoms with Crippen LogP contribution in [0.25, 0.3) is 0 Å². The second kappa shape index (κ2) is 6.35. The number of hydrogen-bond acceptors (Lipinski definition) is 2. The maximum atomic E-state index is 9.57. The van der Waals surface area contributed by atoms with Crippen LogP contribution in [-0.4, -0.2) is 24.4 Å². The molecule has 2 nitrogen and oxygen atoms in total. The van der Waals surface area contributed by atoms with Gasteiger partial charge in [0.05, 0.1) is 19.3 Å². The number of ether oxygens (including phenoxy) is 1. The van der Waals surface area contributed by atoms with E-state index >= 15 is 0 Å². The van der Waals surface area contributed by atoms with Gasteiger partial charge < -0.3 is 9.84 Å². The van der Waals surface area contributed by atoms with E-state index in [1.807, 2.05) is 30.3 Å². The molecule has 0 aromatic heterocycles. The molecule has 0 heterocycles. The zero-order chi connectivity index (χ0) is 10.2. The molecule has 1 aromatic carbocycles. The Bertz CT molecular complexity index is 256. The van der Waals surface area contributed by atoms with Gasteiger partial charge >= 0.3 is 0 Å².